The van der Waals surface area contributed by atoms with E-state index in [1.165, 1.54) is 12.0 Å². The summed E-state index contributed by atoms with van der Waals surface area (Å²) in [5, 5.41) is 11.4. The minimum Gasteiger partial charge on any atom is -0.497 e. The summed E-state index contributed by atoms with van der Waals surface area (Å²) in [6, 6.07) is 20.8. The fraction of sp³-hybridized carbons (Fsp3) is 0.310. The summed E-state index contributed by atoms with van der Waals surface area (Å²) >= 11 is 0. The number of benzene rings is 3. The van der Waals surface area contributed by atoms with E-state index in [9.17, 15) is 9.59 Å². The normalized spacial score (nSPS) is 11.8. The van der Waals surface area contributed by atoms with Crippen LogP contribution in [-0.4, -0.2) is 47.6 Å². The first-order valence-electron chi connectivity index (χ1n) is 12.6. The van der Waals surface area contributed by atoms with Gasteiger partial charge in [0.25, 0.3) is 0 Å². The van der Waals surface area contributed by atoms with Crippen LogP contribution in [-0.2, 0) is 16.1 Å². The Morgan fingerprint density at radius 1 is 0.974 bits per heavy atom. The Labute approximate surface area is 222 Å². The number of carbonyl (C=O) groups is 2. The summed E-state index contributed by atoms with van der Waals surface area (Å²) in [5.74, 6) is 0.796. The van der Waals surface area contributed by atoms with Crippen LogP contribution in [0, 0.1) is 5.92 Å². The van der Waals surface area contributed by atoms with E-state index < -0.39 is 6.04 Å². The fourth-order valence-electron chi connectivity index (χ4n) is 4.29. The fourth-order valence-corrected chi connectivity index (χ4v) is 4.29. The zero-order valence-electron chi connectivity index (χ0n) is 22.1. The van der Waals surface area contributed by atoms with Crippen LogP contribution < -0.4 is 19.7 Å². The molecule has 0 radical (unpaired) electrons. The second kappa shape index (κ2) is 12.2. The summed E-state index contributed by atoms with van der Waals surface area (Å²) in [4.78, 5) is 29.4. The number of carbonyl (C=O) groups excluding carboxylic acids is 2. The van der Waals surface area contributed by atoms with Gasteiger partial charge in [0.15, 0.2) is 0 Å². The van der Waals surface area contributed by atoms with E-state index in [4.69, 9.17) is 9.47 Å². The van der Waals surface area contributed by atoms with Crippen molar-refractivity contribution in [2.45, 2.75) is 32.9 Å². The maximum absolute atomic E-state index is 14.1. The number of fused-ring (bicyclic) bond motifs is 1. The Balaban J connectivity index is 1.80. The number of hydrogen-bond acceptors (Lipinski definition) is 6. The molecule has 3 aromatic carbocycles. The first-order valence-corrected chi connectivity index (χ1v) is 12.6. The third-order valence-electron chi connectivity index (χ3n) is 6.27. The van der Waals surface area contributed by atoms with Crippen LogP contribution in [0.3, 0.4) is 0 Å². The summed E-state index contributed by atoms with van der Waals surface area (Å²) in [7, 11) is 3.09. The summed E-state index contributed by atoms with van der Waals surface area (Å²) in [5.41, 5.74) is 2.53. The Bertz CT molecular complexity index is 1390. The van der Waals surface area contributed by atoms with Gasteiger partial charge in [0.05, 0.1) is 19.7 Å². The first-order chi connectivity index (χ1) is 18.4. The van der Waals surface area contributed by atoms with Gasteiger partial charge in [-0.05, 0) is 48.7 Å². The van der Waals surface area contributed by atoms with Gasteiger partial charge in [-0.2, -0.15) is 0 Å². The van der Waals surface area contributed by atoms with Crippen molar-refractivity contribution in [2.75, 3.05) is 25.7 Å². The number of amides is 2. The van der Waals surface area contributed by atoms with E-state index in [-0.39, 0.29) is 18.4 Å². The van der Waals surface area contributed by atoms with Crippen molar-refractivity contribution in [1.29, 1.82) is 0 Å². The molecule has 0 bridgehead atoms. The van der Waals surface area contributed by atoms with Gasteiger partial charge in [0, 0.05) is 23.9 Å². The van der Waals surface area contributed by atoms with Crippen molar-refractivity contribution in [3.63, 3.8) is 0 Å². The number of anilines is 1. The maximum Gasteiger partial charge on any atom is 0.249 e. The van der Waals surface area contributed by atoms with E-state index >= 15 is 0 Å². The highest BCUT2D eigenvalue weighted by Crippen LogP contribution is 2.36. The van der Waals surface area contributed by atoms with Gasteiger partial charge in [0.1, 0.15) is 29.6 Å². The molecule has 0 saturated carbocycles. The number of methoxy groups -OCH3 is 2. The number of ether oxygens (including phenoxy) is 2. The van der Waals surface area contributed by atoms with Gasteiger partial charge < -0.3 is 14.8 Å². The SMILES string of the molecule is COc1ccc(C(C(=O)NCCC(C)C)N(C(=O)Cn2nnc3ccccc32)c2ccccc2)c(OC)c1. The molecular formula is C29H33N5O4. The third kappa shape index (κ3) is 5.94. The standard InChI is InChI=1S/C29H33N5O4/c1-20(2)16-17-30-29(36)28(23-15-14-22(37-3)18-26(23)38-4)34(21-10-6-5-7-11-21)27(35)19-33-25-13-9-8-12-24(25)31-32-33/h5-15,18,20,28H,16-17,19H2,1-4H3,(H,30,36). The van der Waals surface area contributed by atoms with Crippen molar-refractivity contribution >= 4 is 28.5 Å². The molecule has 0 fully saturated rings. The minimum absolute atomic E-state index is 0.107. The quantitative estimate of drug-likeness (QED) is 0.318. The lowest BCUT2D eigenvalue weighted by atomic mass is 10.0. The number of rotatable bonds is 11. The molecule has 9 nitrogen and oxygen atoms in total. The van der Waals surface area contributed by atoms with Crippen LogP contribution in [0.4, 0.5) is 5.69 Å². The van der Waals surface area contributed by atoms with Crippen molar-refractivity contribution in [1.82, 2.24) is 20.3 Å². The second-order valence-corrected chi connectivity index (χ2v) is 9.32. The van der Waals surface area contributed by atoms with E-state index in [0.717, 1.165) is 11.9 Å². The third-order valence-corrected chi connectivity index (χ3v) is 6.27. The lowest BCUT2D eigenvalue weighted by Crippen LogP contribution is -2.45. The average molecular weight is 516 g/mol. The molecule has 38 heavy (non-hydrogen) atoms. The molecule has 1 heterocycles. The molecule has 0 spiro atoms. The van der Waals surface area contributed by atoms with Gasteiger partial charge in [-0.25, -0.2) is 4.68 Å². The highest BCUT2D eigenvalue weighted by Gasteiger charge is 2.35. The Kier molecular flexibility index (Phi) is 8.58. The van der Waals surface area contributed by atoms with Crippen molar-refractivity contribution in [3.8, 4) is 11.5 Å². The Morgan fingerprint density at radius 2 is 1.71 bits per heavy atom. The monoisotopic (exact) mass is 515 g/mol. The van der Waals surface area contributed by atoms with E-state index in [1.54, 1.807) is 30.0 Å². The molecule has 0 aliphatic carbocycles. The van der Waals surface area contributed by atoms with E-state index in [2.05, 4.69) is 29.5 Å². The molecule has 198 valence electrons. The molecule has 1 unspecified atom stereocenters. The van der Waals surface area contributed by atoms with Gasteiger partial charge in [-0.1, -0.05) is 49.4 Å². The van der Waals surface area contributed by atoms with Crippen LogP contribution in [0.15, 0.2) is 72.8 Å². The maximum atomic E-state index is 14.1. The van der Waals surface area contributed by atoms with Gasteiger partial charge in [-0.3, -0.25) is 14.5 Å². The molecule has 4 aromatic rings. The smallest absolute Gasteiger partial charge is 0.249 e. The number of para-hydroxylation sites is 2. The number of nitrogens with one attached hydrogen (secondary N) is 1. The predicted molar refractivity (Wildman–Crippen MR) is 146 cm³/mol. The molecule has 1 atom stereocenters. The zero-order chi connectivity index (χ0) is 27.1. The van der Waals surface area contributed by atoms with Gasteiger partial charge in [0.2, 0.25) is 11.8 Å². The number of hydrogen-bond donors (Lipinski definition) is 1. The van der Waals surface area contributed by atoms with Crippen molar-refractivity contribution in [2.24, 2.45) is 5.92 Å². The Hall–Kier alpha value is -4.40. The van der Waals surface area contributed by atoms with Crippen LogP contribution in [0.25, 0.3) is 11.0 Å². The van der Waals surface area contributed by atoms with Crippen molar-refractivity contribution in [3.05, 3.63) is 78.4 Å². The first kappa shape index (κ1) is 26.7. The lowest BCUT2D eigenvalue weighted by Gasteiger charge is -2.32. The highest BCUT2D eigenvalue weighted by molar-refractivity contribution is 6.02. The topological polar surface area (TPSA) is 98.6 Å². The molecule has 0 aliphatic rings. The summed E-state index contributed by atoms with van der Waals surface area (Å²) in [6.45, 7) is 4.57. The zero-order valence-corrected chi connectivity index (χ0v) is 22.1. The molecule has 1 aromatic heterocycles. The largest absolute Gasteiger partial charge is 0.497 e. The highest BCUT2D eigenvalue weighted by atomic mass is 16.5. The van der Waals surface area contributed by atoms with E-state index in [0.29, 0.717) is 40.7 Å². The van der Waals surface area contributed by atoms with Crippen LogP contribution >= 0.6 is 0 Å². The van der Waals surface area contributed by atoms with Gasteiger partial charge >= 0.3 is 0 Å². The molecule has 4 rings (SSSR count). The van der Waals surface area contributed by atoms with Crippen LogP contribution in [0.1, 0.15) is 31.9 Å². The summed E-state index contributed by atoms with van der Waals surface area (Å²) in [6.07, 6.45) is 0.808. The summed E-state index contributed by atoms with van der Waals surface area (Å²) < 4.78 is 12.6. The lowest BCUT2D eigenvalue weighted by molar-refractivity contribution is -0.127. The second-order valence-electron chi connectivity index (χ2n) is 9.32. The average Bonchev–Trinajstić information content (AvgIpc) is 3.34. The molecule has 0 aliphatic heterocycles. The van der Waals surface area contributed by atoms with Crippen LogP contribution in [0.5, 0.6) is 11.5 Å². The number of nitrogens with zero attached hydrogens (tertiary/aromatic N) is 4. The van der Waals surface area contributed by atoms with Crippen molar-refractivity contribution < 1.29 is 19.1 Å². The number of aromatic nitrogens is 3. The molecule has 0 saturated heterocycles. The Morgan fingerprint density at radius 3 is 2.42 bits per heavy atom. The predicted octanol–water partition coefficient (Wildman–Crippen LogP) is 4.39. The van der Waals surface area contributed by atoms with E-state index in [1.807, 2.05) is 54.6 Å². The molecular weight excluding hydrogens is 482 g/mol. The minimum atomic E-state index is -1.01. The van der Waals surface area contributed by atoms with Crippen LogP contribution in [0.2, 0.25) is 0 Å². The molecule has 1 N–H and O–H groups in total. The molecule has 9 heteroatoms. The van der Waals surface area contributed by atoms with Gasteiger partial charge in [-0.15, -0.1) is 5.10 Å². The molecule has 2 amide bonds.